The number of ether oxygens (including phenoxy) is 1. The number of rotatable bonds is 3. The van der Waals surface area contributed by atoms with Gasteiger partial charge in [-0.2, -0.15) is 4.98 Å². The highest BCUT2D eigenvalue weighted by Gasteiger charge is 2.35. The lowest BCUT2D eigenvalue weighted by atomic mass is 9.92. The third-order valence-electron chi connectivity index (χ3n) is 4.85. The van der Waals surface area contributed by atoms with Gasteiger partial charge in [-0.15, -0.1) is 0 Å². The first kappa shape index (κ1) is 18.2. The lowest BCUT2D eigenvalue weighted by Crippen LogP contribution is -2.41. The Morgan fingerprint density at radius 2 is 2.07 bits per heavy atom. The van der Waals surface area contributed by atoms with E-state index in [4.69, 9.17) is 4.74 Å². The SMILES string of the molecule is Cc1cccc(NC(=O)C2CC(=O)Nc3nc(N4CCOCC4)[nH]c(=O)c32)c1. The van der Waals surface area contributed by atoms with Crippen molar-refractivity contribution in [1.82, 2.24) is 9.97 Å². The van der Waals surface area contributed by atoms with Gasteiger partial charge in [0.05, 0.1) is 24.7 Å². The molecule has 4 rings (SSSR count). The van der Waals surface area contributed by atoms with Gasteiger partial charge < -0.3 is 20.3 Å². The van der Waals surface area contributed by atoms with Crippen LogP contribution in [0.5, 0.6) is 0 Å². The Labute approximate surface area is 161 Å². The fourth-order valence-electron chi connectivity index (χ4n) is 3.46. The van der Waals surface area contributed by atoms with Crippen LogP contribution in [0.1, 0.15) is 23.5 Å². The largest absolute Gasteiger partial charge is 0.378 e. The summed E-state index contributed by atoms with van der Waals surface area (Å²) >= 11 is 0. The van der Waals surface area contributed by atoms with E-state index in [1.54, 1.807) is 6.07 Å². The number of nitrogens with one attached hydrogen (secondary N) is 3. The van der Waals surface area contributed by atoms with Gasteiger partial charge in [-0.3, -0.25) is 19.4 Å². The monoisotopic (exact) mass is 383 g/mol. The number of amides is 2. The summed E-state index contributed by atoms with van der Waals surface area (Å²) in [6.45, 7) is 4.17. The summed E-state index contributed by atoms with van der Waals surface area (Å²) in [4.78, 5) is 46.8. The smallest absolute Gasteiger partial charge is 0.258 e. The molecule has 9 heteroatoms. The number of H-pyrrole nitrogens is 1. The van der Waals surface area contributed by atoms with Crippen LogP contribution in [0.4, 0.5) is 17.5 Å². The number of carbonyl (C=O) groups excluding carboxylic acids is 2. The minimum atomic E-state index is -0.903. The molecule has 146 valence electrons. The Balaban J connectivity index is 1.65. The molecule has 2 aliphatic heterocycles. The Morgan fingerprint density at radius 3 is 2.82 bits per heavy atom. The molecular formula is C19H21N5O4. The third kappa shape index (κ3) is 3.61. The molecule has 3 N–H and O–H groups in total. The van der Waals surface area contributed by atoms with E-state index in [1.807, 2.05) is 30.0 Å². The molecule has 1 atom stereocenters. The Hall–Kier alpha value is -3.20. The van der Waals surface area contributed by atoms with E-state index >= 15 is 0 Å². The second-order valence-electron chi connectivity index (χ2n) is 6.91. The predicted molar refractivity (Wildman–Crippen MR) is 104 cm³/mol. The number of morpholine rings is 1. The van der Waals surface area contributed by atoms with Gasteiger partial charge in [-0.1, -0.05) is 12.1 Å². The fraction of sp³-hybridized carbons (Fsp3) is 0.368. The molecule has 1 aromatic carbocycles. The fourth-order valence-corrected chi connectivity index (χ4v) is 3.46. The zero-order valence-corrected chi connectivity index (χ0v) is 15.4. The molecule has 1 fully saturated rings. The van der Waals surface area contributed by atoms with Gasteiger partial charge in [-0.25, -0.2) is 0 Å². The number of aromatic nitrogens is 2. The summed E-state index contributed by atoms with van der Waals surface area (Å²) in [6, 6.07) is 7.33. The molecule has 2 aromatic rings. The summed E-state index contributed by atoms with van der Waals surface area (Å²) in [5.74, 6) is -1.15. The first-order chi connectivity index (χ1) is 13.5. The van der Waals surface area contributed by atoms with Crippen molar-refractivity contribution in [2.24, 2.45) is 0 Å². The molecule has 1 aromatic heterocycles. The average molecular weight is 383 g/mol. The van der Waals surface area contributed by atoms with Gasteiger partial charge in [0.1, 0.15) is 5.82 Å². The average Bonchev–Trinajstić information content (AvgIpc) is 2.67. The van der Waals surface area contributed by atoms with E-state index in [1.165, 1.54) is 0 Å². The van der Waals surface area contributed by atoms with Crippen molar-refractivity contribution in [2.45, 2.75) is 19.3 Å². The van der Waals surface area contributed by atoms with Crippen LogP contribution in [0.2, 0.25) is 0 Å². The predicted octanol–water partition coefficient (Wildman–Crippen LogP) is 0.979. The third-order valence-corrected chi connectivity index (χ3v) is 4.85. The van der Waals surface area contributed by atoms with Crippen molar-refractivity contribution in [3.8, 4) is 0 Å². The lowest BCUT2D eigenvalue weighted by Gasteiger charge is -2.29. The summed E-state index contributed by atoms with van der Waals surface area (Å²) in [5.41, 5.74) is 1.37. The summed E-state index contributed by atoms with van der Waals surface area (Å²) in [5, 5.41) is 5.42. The van der Waals surface area contributed by atoms with Crippen LogP contribution in [-0.2, 0) is 14.3 Å². The van der Waals surface area contributed by atoms with E-state index in [0.717, 1.165) is 5.56 Å². The van der Waals surface area contributed by atoms with E-state index in [0.29, 0.717) is 37.9 Å². The van der Waals surface area contributed by atoms with Crippen molar-refractivity contribution in [2.75, 3.05) is 41.8 Å². The van der Waals surface area contributed by atoms with Crippen molar-refractivity contribution in [3.05, 3.63) is 45.7 Å². The normalized spacial score (nSPS) is 19.0. The van der Waals surface area contributed by atoms with Crippen LogP contribution < -0.4 is 21.1 Å². The molecule has 2 amide bonds. The number of anilines is 3. The van der Waals surface area contributed by atoms with Crippen molar-refractivity contribution in [3.63, 3.8) is 0 Å². The van der Waals surface area contributed by atoms with Crippen LogP contribution in [-0.4, -0.2) is 48.1 Å². The molecule has 9 nitrogen and oxygen atoms in total. The van der Waals surface area contributed by atoms with E-state index in [-0.39, 0.29) is 23.7 Å². The molecule has 0 aliphatic carbocycles. The van der Waals surface area contributed by atoms with Crippen LogP contribution in [0.15, 0.2) is 29.1 Å². The van der Waals surface area contributed by atoms with Crippen LogP contribution in [0, 0.1) is 6.92 Å². The summed E-state index contributed by atoms with van der Waals surface area (Å²) in [6.07, 6.45) is -0.105. The second kappa shape index (κ2) is 7.43. The maximum absolute atomic E-state index is 12.8. The van der Waals surface area contributed by atoms with Gasteiger partial charge in [0.2, 0.25) is 17.8 Å². The number of benzene rings is 1. The standard InChI is InChI=1S/C19H21N5O4/c1-11-3-2-4-12(9-11)20-17(26)13-10-14(25)21-16-15(13)18(27)23-19(22-16)24-5-7-28-8-6-24/h2-4,9,13H,5-8,10H2,1H3,(H,20,26)(H2,21,22,23,25,27). The van der Waals surface area contributed by atoms with Crippen molar-refractivity contribution in [1.29, 1.82) is 0 Å². The van der Waals surface area contributed by atoms with E-state index in [9.17, 15) is 14.4 Å². The maximum atomic E-state index is 12.8. The lowest BCUT2D eigenvalue weighted by molar-refractivity contribution is -0.123. The van der Waals surface area contributed by atoms with Crippen molar-refractivity contribution >= 4 is 29.3 Å². The molecule has 0 saturated carbocycles. The van der Waals surface area contributed by atoms with Gasteiger partial charge in [0, 0.05) is 25.2 Å². The van der Waals surface area contributed by atoms with E-state index < -0.39 is 17.4 Å². The number of hydrogen-bond donors (Lipinski definition) is 3. The number of hydrogen-bond acceptors (Lipinski definition) is 6. The molecular weight excluding hydrogens is 362 g/mol. The Morgan fingerprint density at radius 1 is 1.29 bits per heavy atom. The number of carbonyl (C=O) groups is 2. The maximum Gasteiger partial charge on any atom is 0.258 e. The molecule has 0 bridgehead atoms. The molecule has 1 unspecified atom stereocenters. The quantitative estimate of drug-likeness (QED) is 0.728. The van der Waals surface area contributed by atoms with Gasteiger partial charge in [0.25, 0.3) is 5.56 Å². The number of fused-ring (bicyclic) bond motifs is 1. The molecule has 28 heavy (non-hydrogen) atoms. The summed E-state index contributed by atoms with van der Waals surface area (Å²) in [7, 11) is 0. The highest BCUT2D eigenvalue weighted by atomic mass is 16.5. The zero-order chi connectivity index (χ0) is 19.7. The Bertz CT molecular complexity index is 981. The minimum Gasteiger partial charge on any atom is -0.378 e. The molecule has 1 saturated heterocycles. The minimum absolute atomic E-state index is 0.105. The van der Waals surface area contributed by atoms with Crippen molar-refractivity contribution < 1.29 is 14.3 Å². The molecule has 0 radical (unpaired) electrons. The molecule has 0 spiro atoms. The van der Waals surface area contributed by atoms with Gasteiger partial charge >= 0.3 is 0 Å². The first-order valence-electron chi connectivity index (χ1n) is 9.15. The second-order valence-corrected chi connectivity index (χ2v) is 6.91. The highest BCUT2D eigenvalue weighted by molar-refractivity contribution is 6.04. The van der Waals surface area contributed by atoms with Crippen LogP contribution >= 0.6 is 0 Å². The van der Waals surface area contributed by atoms with Gasteiger partial charge in [0.15, 0.2) is 0 Å². The van der Waals surface area contributed by atoms with Crippen LogP contribution in [0.25, 0.3) is 0 Å². The van der Waals surface area contributed by atoms with Gasteiger partial charge in [-0.05, 0) is 24.6 Å². The summed E-state index contributed by atoms with van der Waals surface area (Å²) < 4.78 is 5.31. The first-order valence-corrected chi connectivity index (χ1v) is 9.15. The Kier molecular flexibility index (Phi) is 4.82. The molecule has 3 heterocycles. The topological polar surface area (TPSA) is 116 Å². The number of aryl methyl sites for hydroxylation is 1. The number of nitrogens with zero attached hydrogens (tertiary/aromatic N) is 2. The number of aromatic amines is 1. The van der Waals surface area contributed by atoms with Crippen LogP contribution in [0.3, 0.4) is 0 Å². The highest BCUT2D eigenvalue weighted by Crippen LogP contribution is 2.30. The van der Waals surface area contributed by atoms with E-state index in [2.05, 4.69) is 20.6 Å². The molecule has 2 aliphatic rings. The zero-order valence-electron chi connectivity index (χ0n) is 15.4.